The Morgan fingerprint density at radius 2 is 1.82 bits per heavy atom. The van der Waals surface area contributed by atoms with Gasteiger partial charge in [0.1, 0.15) is 5.52 Å². The van der Waals surface area contributed by atoms with Crippen LogP contribution in [0.1, 0.15) is 24.5 Å². The van der Waals surface area contributed by atoms with E-state index in [1.165, 1.54) is 6.07 Å². The third-order valence-corrected chi connectivity index (χ3v) is 3.19. The van der Waals surface area contributed by atoms with Crippen molar-refractivity contribution in [3.05, 3.63) is 40.3 Å². The number of aromatic nitrogens is 1. The predicted molar refractivity (Wildman–Crippen MR) is 58.6 cm³/mol. The molecule has 0 bridgehead atoms. The molecule has 1 saturated carbocycles. The molecule has 5 heteroatoms. The van der Waals surface area contributed by atoms with Crippen LogP contribution in [0.4, 0.5) is 13.2 Å². The van der Waals surface area contributed by atoms with Gasteiger partial charge in [-0.05, 0) is 18.9 Å². The first-order valence-corrected chi connectivity index (χ1v) is 5.59. The Morgan fingerprint density at radius 1 is 1.12 bits per heavy atom. The van der Waals surface area contributed by atoms with Gasteiger partial charge in [0.2, 0.25) is 0 Å². The molecule has 1 aromatic heterocycles. The Hall–Kier alpha value is -1.29. The standard InChI is InChI=1S/C12H7ClF3N/c13-6-3-9(5-1-2-5)17-12-8(15)4-7(14)11(16)10(6)12/h3-5H,1-2H2. The van der Waals surface area contributed by atoms with Crippen LogP contribution < -0.4 is 0 Å². The van der Waals surface area contributed by atoms with E-state index in [4.69, 9.17) is 11.6 Å². The molecule has 0 aliphatic heterocycles. The summed E-state index contributed by atoms with van der Waals surface area (Å²) in [6.45, 7) is 0. The second-order valence-electron chi connectivity index (χ2n) is 4.18. The Bertz CT molecular complexity index is 623. The number of pyridine rings is 1. The van der Waals surface area contributed by atoms with E-state index in [-0.39, 0.29) is 21.8 Å². The maximum Gasteiger partial charge on any atom is 0.169 e. The van der Waals surface area contributed by atoms with Crippen molar-refractivity contribution in [3.8, 4) is 0 Å². The highest BCUT2D eigenvalue weighted by Crippen LogP contribution is 2.41. The molecule has 1 heterocycles. The van der Waals surface area contributed by atoms with Gasteiger partial charge in [-0.3, -0.25) is 0 Å². The first-order chi connectivity index (χ1) is 8.08. The topological polar surface area (TPSA) is 12.9 Å². The van der Waals surface area contributed by atoms with Gasteiger partial charge in [-0.2, -0.15) is 0 Å². The first-order valence-electron chi connectivity index (χ1n) is 5.21. The highest BCUT2D eigenvalue weighted by Gasteiger charge is 2.27. The van der Waals surface area contributed by atoms with Crippen LogP contribution in [0.2, 0.25) is 5.02 Å². The average Bonchev–Trinajstić information content (AvgIpc) is 3.09. The molecule has 0 amide bonds. The molecule has 1 fully saturated rings. The third kappa shape index (κ3) is 1.67. The molecule has 0 radical (unpaired) electrons. The summed E-state index contributed by atoms with van der Waals surface area (Å²) in [7, 11) is 0. The lowest BCUT2D eigenvalue weighted by atomic mass is 10.1. The van der Waals surface area contributed by atoms with Gasteiger partial charge in [-0.1, -0.05) is 11.6 Å². The van der Waals surface area contributed by atoms with Crippen molar-refractivity contribution in [1.82, 2.24) is 4.98 Å². The Morgan fingerprint density at radius 3 is 2.47 bits per heavy atom. The molecule has 17 heavy (non-hydrogen) atoms. The molecular formula is C12H7ClF3N. The number of hydrogen-bond acceptors (Lipinski definition) is 1. The summed E-state index contributed by atoms with van der Waals surface area (Å²) in [4.78, 5) is 4.03. The normalized spacial score (nSPS) is 15.5. The molecule has 1 aliphatic carbocycles. The highest BCUT2D eigenvalue weighted by atomic mass is 35.5. The molecule has 1 aliphatic rings. The van der Waals surface area contributed by atoms with E-state index in [2.05, 4.69) is 4.98 Å². The van der Waals surface area contributed by atoms with Crippen LogP contribution >= 0.6 is 11.6 Å². The predicted octanol–water partition coefficient (Wildman–Crippen LogP) is 4.18. The lowest BCUT2D eigenvalue weighted by Gasteiger charge is -2.06. The number of benzene rings is 1. The van der Waals surface area contributed by atoms with Crippen molar-refractivity contribution >= 4 is 22.5 Å². The van der Waals surface area contributed by atoms with Crippen LogP contribution in [0.5, 0.6) is 0 Å². The van der Waals surface area contributed by atoms with Crippen LogP contribution in [-0.4, -0.2) is 4.98 Å². The van der Waals surface area contributed by atoms with Crippen LogP contribution in [0.15, 0.2) is 12.1 Å². The summed E-state index contributed by atoms with van der Waals surface area (Å²) >= 11 is 5.87. The van der Waals surface area contributed by atoms with E-state index < -0.39 is 17.5 Å². The minimum absolute atomic E-state index is 0.00722. The summed E-state index contributed by atoms with van der Waals surface area (Å²) < 4.78 is 40.1. The lowest BCUT2D eigenvalue weighted by Crippen LogP contribution is -1.97. The Kier molecular flexibility index (Phi) is 2.30. The zero-order valence-electron chi connectivity index (χ0n) is 8.61. The molecule has 3 rings (SSSR count). The van der Waals surface area contributed by atoms with Crippen LogP contribution in [-0.2, 0) is 0 Å². The number of nitrogens with zero attached hydrogens (tertiary/aromatic N) is 1. The van der Waals surface area contributed by atoms with E-state index in [9.17, 15) is 13.2 Å². The van der Waals surface area contributed by atoms with Crippen LogP contribution in [0.3, 0.4) is 0 Å². The summed E-state index contributed by atoms with van der Waals surface area (Å²) in [6, 6.07) is 1.99. The van der Waals surface area contributed by atoms with Gasteiger partial charge in [0.05, 0.1) is 10.4 Å². The van der Waals surface area contributed by atoms with Crippen LogP contribution in [0.25, 0.3) is 10.9 Å². The second-order valence-corrected chi connectivity index (χ2v) is 4.59. The van der Waals surface area contributed by atoms with Crippen molar-refractivity contribution in [2.75, 3.05) is 0 Å². The van der Waals surface area contributed by atoms with E-state index in [0.717, 1.165) is 12.8 Å². The van der Waals surface area contributed by atoms with Gasteiger partial charge >= 0.3 is 0 Å². The minimum Gasteiger partial charge on any atom is -0.249 e. The molecule has 2 aromatic rings. The fourth-order valence-electron chi connectivity index (χ4n) is 1.86. The maximum atomic E-state index is 13.5. The van der Waals surface area contributed by atoms with Gasteiger partial charge in [-0.25, -0.2) is 18.2 Å². The largest absolute Gasteiger partial charge is 0.249 e. The molecule has 0 spiro atoms. The van der Waals surface area contributed by atoms with Crippen molar-refractivity contribution in [1.29, 1.82) is 0 Å². The zero-order chi connectivity index (χ0) is 12.2. The van der Waals surface area contributed by atoms with Gasteiger partial charge in [0.15, 0.2) is 17.5 Å². The van der Waals surface area contributed by atoms with E-state index in [1.807, 2.05) is 0 Å². The number of halogens is 4. The molecule has 1 nitrogen and oxygen atoms in total. The minimum atomic E-state index is -1.25. The van der Waals surface area contributed by atoms with E-state index >= 15 is 0 Å². The fourth-order valence-corrected chi connectivity index (χ4v) is 2.15. The summed E-state index contributed by atoms with van der Waals surface area (Å²) in [5, 5.41) is -0.277. The monoisotopic (exact) mass is 257 g/mol. The Balaban J connectivity index is 2.38. The van der Waals surface area contributed by atoms with Crippen molar-refractivity contribution in [2.45, 2.75) is 18.8 Å². The second kappa shape index (κ2) is 3.60. The smallest absolute Gasteiger partial charge is 0.169 e. The van der Waals surface area contributed by atoms with Gasteiger partial charge in [-0.15, -0.1) is 0 Å². The molecular weight excluding hydrogens is 251 g/mol. The molecule has 0 N–H and O–H groups in total. The molecule has 0 unspecified atom stereocenters. The zero-order valence-corrected chi connectivity index (χ0v) is 9.36. The van der Waals surface area contributed by atoms with E-state index in [1.54, 1.807) is 0 Å². The third-order valence-electron chi connectivity index (χ3n) is 2.90. The maximum absolute atomic E-state index is 13.5. The summed E-state index contributed by atoms with van der Waals surface area (Å²) in [5.74, 6) is -3.02. The van der Waals surface area contributed by atoms with Crippen molar-refractivity contribution < 1.29 is 13.2 Å². The highest BCUT2D eigenvalue weighted by molar-refractivity contribution is 6.35. The first kappa shape index (κ1) is 10.8. The fraction of sp³-hybridized carbons (Fsp3) is 0.250. The van der Waals surface area contributed by atoms with Crippen LogP contribution in [0, 0.1) is 17.5 Å². The number of rotatable bonds is 1. The molecule has 0 saturated heterocycles. The lowest BCUT2D eigenvalue weighted by molar-refractivity contribution is 0.505. The van der Waals surface area contributed by atoms with E-state index in [0.29, 0.717) is 11.8 Å². The number of fused-ring (bicyclic) bond motifs is 1. The number of hydrogen-bond donors (Lipinski definition) is 0. The molecule has 1 aromatic carbocycles. The quantitative estimate of drug-likeness (QED) is 0.698. The summed E-state index contributed by atoms with van der Waals surface area (Å²) in [5.41, 5.74) is 0.450. The molecule has 0 atom stereocenters. The molecule has 88 valence electrons. The van der Waals surface area contributed by atoms with Crippen molar-refractivity contribution in [3.63, 3.8) is 0 Å². The van der Waals surface area contributed by atoms with Gasteiger partial charge < -0.3 is 0 Å². The Labute approximate surface area is 100 Å². The average molecular weight is 258 g/mol. The SMILES string of the molecule is Fc1cc(F)c2nc(C3CC3)cc(Cl)c2c1F. The van der Waals surface area contributed by atoms with Gasteiger partial charge in [0, 0.05) is 17.7 Å². The van der Waals surface area contributed by atoms with Crippen molar-refractivity contribution in [2.24, 2.45) is 0 Å². The van der Waals surface area contributed by atoms with Gasteiger partial charge in [0.25, 0.3) is 0 Å². The summed E-state index contributed by atoms with van der Waals surface area (Å²) in [6.07, 6.45) is 1.94.